The number of aryl methyl sites for hydroxylation is 1. The molecule has 5 nitrogen and oxygen atoms in total. The molecule has 7 heteroatoms. The first-order chi connectivity index (χ1) is 11.8. The fourth-order valence-corrected chi connectivity index (χ4v) is 2.62. The Morgan fingerprint density at radius 1 is 0.920 bits per heavy atom. The van der Waals surface area contributed by atoms with Gasteiger partial charge in [-0.25, -0.2) is 0 Å². The number of hydrogen-bond acceptors (Lipinski definition) is 2. The smallest absolute Gasteiger partial charge is 0.279 e. The van der Waals surface area contributed by atoms with Gasteiger partial charge in [0.25, 0.3) is 11.8 Å². The predicted octanol–water partition coefficient (Wildman–Crippen LogP) is 2.39. The van der Waals surface area contributed by atoms with Crippen LogP contribution in [0.15, 0.2) is 42.5 Å². The molecular formula is C18H20Cl2N3O2+. The molecule has 0 aromatic heterocycles. The number of amides is 2. The molecule has 132 valence electrons. The Bertz CT molecular complexity index is 781. The lowest BCUT2D eigenvalue weighted by Gasteiger charge is -2.14. The molecule has 2 aromatic rings. The molecule has 0 aliphatic carbocycles. The number of likely N-dealkylation sites (N-methyl/N-ethyl adjacent to an activating group) is 1. The Morgan fingerprint density at radius 2 is 1.52 bits per heavy atom. The molecular weight excluding hydrogens is 361 g/mol. The van der Waals surface area contributed by atoms with Crippen LogP contribution in [0, 0.1) is 6.92 Å². The first-order valence-corrected chi connectivity index (χ1v) is 8.52. The third-order valence-electron chi connectivity index (χ3n) is 3.43. The van der Waals surface area contributed by atoms with Crippen molar-refractivity contribution in [2.45, 2.75) is 6.92 Å². The quantitative estimate of drug-likeness (QED) is 0.720. The van der Waals surface area contributed by atoms with Crippen LogP contribution in [0.5, 0.6) is 0 Å². The normalized spacial score (nSPS) is 11.7. The van der Waals surface area contributed by atoms with E-state index in [-0.39, 0.29) is 24.9 Å². The monoisotopic (exact) mass is 380 g/mol. The third-order valence-corrected chi connectivity index (χ3v) is 4.17. The Balaban J connectivity index is 1.82. The van der Waals surface area contributed by atoms with E-state index in [9.17, 15) is 9.59 Å². The van der Waals surface area contributed by atoms with Crippen LogP contribution in [-0.4, -0.2) is 32.0 Å². The van der Waals surface area contributed by atoms with E-state index in [4.69, 9.17) is 23.2 Å². The molecule has 0 radical (unpaired) electrons. The largest absolute Gasteiger partial charge is 0.322 e. The summed E-state index contributed by atoms with van der Waals surface area (Å²) in [6.45, 7) is 2.30. The van der Waals surface area contributed by atoms with Crippen molar-refractivity contribution in [2.24, 2.45) is 0 Å². The second-order valence-corrected chi connectivity index (χ2v) is 6.72. The SMILES string of the molecule is Cc1cccc(NC(=O)C[NH+](C)CC(=O)Nc2ccc(Cl)c(Cl)c2)c1. The highest BCUT2D eigenvalue weighted by atomic mass is 35.5. The van der Waals surface area contributed by atoms with Crippen molar-refractivity contribution in [3.8, 4) is 0 Å². The zero-order valence-corrected chi connectivity index (χ0v) is 15.5. The zero-order chi connectivity index (χ0) is 18.4. The number of halogens is 2. The summed E-state index contributed by atoms with van der Waals surface area (Å²) in [5.74, 6) is -0.357. The van der Waals surface area contributed by atoms with Gasteiger partial charge in [-0.3, -0.25) is 9.59 Å². The number of quaternary nitrogens is 1. The van der Waals surface area contributed by atoms with Gasteiger partial charge in [-0.15, -0.1) is 0 Å². The highest BCUT2D eigenvalue weighted by molar-refractivity contribution is 6.42. The van der Waals surface area contributed by atoms with Crippen LogP contribution in [0.4, 0.5) is 11.4 Å². The first kappa shape index (κ1) is 19.2. The lowest BCUT2D eigenvalue weighted by atomic mass is 10.2. The lowest BCUT2D eigenvalue weighted by Crippen LogP contribution is -3.11. The Kier molecular flexibility index (Phi) is 6.82. The van der Waals surface area contributed by atoms with Crippen molar-refractivity contribution in [2.75, 3.05) is 30.8 Å². The number of benzene rings is 2. The molecule has 2 aromatic carbocycles. The summed E-state index contributed by atoms with van der Waals surface area (Å²) in [5, 5.41) is 6.36. The predicted molar refractivity (Wildman–Crippen MR) is 102 cm³/mol. The fourth-order valence-electron chi connectivity index (χ4n) is 2.32. The molecule has 2 rings (SSSR count). The minimum absolute atomic E-state index is 0.148. The van der Waals surface area contributed by atoms with E-state index < -0.39 is 0 Å². The maximum Gasteiger partial charge on any atom is 0.279 e. The number of anilines is 2. The van der Waals surface area contributed by atoms with Crippen LogP contribution >= 0.6 is 23.2 Å². The van der Waals surface area contributed by atoms with Crippen molar-refractivity contribution >= 4 is 46.4 Å². The molecule has 0 spiro atoms. The van der Waals surface area contributed by atoms with Crippen molar-refractivity contribution in [3.05, 3.63) is 58.1 Å². The summed E-state index contributed by atoms with van der Waals surface area (Å²) >= 11 is 11.8. The average molecular weight is 381 g/mol. The number of nitrogens with one attached hydrogen (secondary N) is 3. The molecule has 3 N–H and O–H groups in total. The van der Waals surface area contributed by atoms with Crippen molar-refractivity contribution in [1.29, 1.82) is 0 Å². The van der Waals surface area contributed by atoms with Gasteiger partial charge in [-0.05, 0) is 42.8 Å². The zero-order valence-electron chi connectivity index (χ0n) is 14.0. The summed E-state index contributed by atoms with van der Waals surface area (Å²) < 4.78 is 0. The Morgan fingerprint density at radius 3 is 2.08 bits per heavy atom. The van der Waals surface area contributed by atoms with E-state index in [1.54, 1.807) is 25.2 Å². The molecule has 2 amide bonds. The van der Waals surface area contributed by atoms with E-state index in [0.29, 0.717) is 15.7 Å². The van der Waals surface area contributed by atoms with Gasteiger partial charge in [-0.2, -0.15) is 0 Å². The summed E-state index contributed by atoms with van der Waals surface area (Å²) in [7, 11) is 1.78. The number of carbonyl (C=O) groups is 2. The highest BCUT2D eigenvalue weighted by Gasteiger charge is 2.15. The van der Waals surface area contributed by atoms with E-state index in [0.717, 1.165) is 16.2 Å². The summed E-state index contributed by atoms with van der Waals surface area (Å²) in [5.41, 5.74) is 2.38. The summed E-state index contributed by atoms with van der Waals surface area (Å²) in [6, 6.07) is 12.4. The molecule has 0 saturated heterocycles. The van der Waals surface area contributed by atoms with Gasteiger partial charge in [0.2, 0.25) is 0 Å². The van der Waals surface area contributed by atoms with Crippen molar-refractivity contribution < 1.29 is 14.5 Å². The minimum atomic E-state index is -0.209. The van der Waals surface area contributed by atoms with Crippen molar-refractivity contribution in [1.82, 2.24) is 0 Å². The molecule has 25 heavy (non-hydrogen) atoms. The van der Waals surface area contributed by atoms with Gasteiger partial charge in [0.15, 0.2) is 13.1 Å². The van der Waals surface area contributed by atoms with E-state index in [2.05, 4.69) is 10.6 Å². The summed E-state index contributed by atoms with van der Waals surface area (Å²) in [4.78, 5) is 24.9. The number of carbonyl (C=O) groups excluding carboxylic acids is 2. The molecule has 1 unspecified atom stereocenters. The van der Waals surface area contributed by atoms with Crippen molar-refractivity contribution in [3.63, 3.8) is 0 Å². The van der Waals surface area contributed by atoms with Gasteiger partial charge in [0.05, 0.1) is 17.1 Å². The number of hydrogen-bond donors (Lipinski definition) is 3. The average Bonchev–Trinajstić information content (AvgIpc) is 2.50. The lowest BCUT2D eigenvalue weighted by molar-refractivity contribution is -0.862. The van der Waals surface area contributed by atoms with Gasteiger partial charge >= 0.3 is 0 Å². The van der Waals surface area contributed by atoms with E-state index >= 15 is 0 Å². The van der Waals surface area contributed by atoms with Crippen LogP contribution in [0.2, 0.25) is 10.0 Å². The Labute approximate surface area is 156 Å². The minimum Gasteiger partial charge on any atom is -0.322 e. The van der Waals surface area contributed by atoms with Gasteiger partial charge in [0.1, 0.15) is 0 Å². The molecule has 0 saturated carbocycles. The summed E-state index contributed by atoms with van der Waals surface area (Å²) in [6.07, 6.45) is 0. The van der Waals surface area contributed by atoms with Crippen LogP contribution in [0.25, 0.3) is 0 Å². The van der Waals surface area contributed by atoms with Crippen LogP contribution in [0.1, 0.15) is 5.56 Å². The van der Waals surface area contributed by atoms with Crippen LogP contribution in [-0.2, 0) is 9.59 Å². The second-order valence-electron chi connectivity index (χ2n) is 5.91. The molecule has 0 aliphatic heterocycles. The fraction of sp³-hybridized carbons (Fsp3) is 0.222. The van der Waals surface area contributed by atoms with Gasteiger partial charge in [0, 0.05) is 11.4 Å². The molecule has 0 fully saturated rings. The standard InChI is InChI=1S/C18H19Cl2N3O2/c1-12-4-3-5-13(8-12)21-17(24)10-23(2)11-18(25)22-14-6-7-15(19)16(20)9-14/h3-9H,10-11H2,1-2H3,(H,21,24)(H,22,25)/p+1. The number of rotatable bonds is 6. The first-order valence-electron chi connectivity index (χ1n) is 7.76. The second kappa shape index (κ2) is 8.85. The molecule has 0 heterocycles. The van der Waals surface area contributed by atoms with Gasteiger partial charge < -0.3 is 15.5 Å². The van der Waals surface area contributed by atoms with E-state index in [1.165, 1.54) is 0 Å². The van der Waals surface area contributed by atoms with Crippen LogP contribution in [0.3, 0.4) is 0 Å². The molecule has 1 atom stereocenters. The molecule has 0 aliphatic rings. The maximum atomic E-state index is 12.1. The van der Waals surface area contributed by atoms with Gasteiger partial charge in [-0.1, -0.05) is 35.3 Å². The highest BCUT2D eigenvalue weighted by Crippen LogP contribution is 2.24. The molecule has 0 bridgehead atoms. The Hall–Kier alpha value is -2.08. The topological polar surface area (TPSA) is 62.6 Å². The maximum absolute atomic E-state index is 12.1. The van der Waals surface area contributed by atoms with E-state index in [1.807, 2.05) is 31.2 Å². The third kappa shape index (κ3) is 6.38. The van der Waals surface area contributed by atoms with Crippen LogP contribution < -0.4 is 15.5 Å².